The molecule has 2 heterocycles. The summed E-state index contributed by atoms with van der Waals surface area (Å²) in [6, 6.07) is 20.2. The Kier molecular flexibility index (Phi) is 5.69. The van der Waals surface area contributed by atoms with E-state index in [2.05, 4.69) is 4.90 Å². The Hall–Kier alpha value is -3.55. The Morgan fingerprint density at radius 2 is 1.69 bits per heavy atom. The first-order chi connectivity index (χ1) is 16.7. The molecule has 3 aromatic carbocycles. The van der Waals surface area contributed by atoms with Crippen LogP contribution in [-0.2, 0) is 10.3 Å². The van der Waals surface area contributed by atoms with Crippen molar-refractivity contribution in [1.82, 2.24) is 9.13 Å². The number of hydrogen-bond acceptors (Lipinski definition) is 5. The van der Waals surface area contributed by atoms with Crippen LogP contribution >= 0.6 is 11.6 Å². The third kappa shape index (κ3) is 3.90. The number of aromatic nitrogens is 2. The highest BCUT2D eigenvalue weighted by Crippen LogP contribution is 2.32. The molecule has 35 heavy (non-hydrogen) atoms. The van der Waals surface area contributed by atoms with Crippen molar-refractivity contribution >= 4 is 34.3 Å². The van der Waals surface area contributed by atoms with E-state index in [1.807, 2.05) is 50.2 Å². The molecule has 1 aromatic heterocycles. The number of esters is 1. The summed E-state index contributed by atoms with van der Waals surface area (Å²) in [6.45, 7) is 5.10. The van der Waals surface area contributed by atoms with E-state index in [1.165, 1.54) is 7.11 Å². The van der Waals surface area contributed by atoms with Crippen molar-refractivity contribution in [3.8, 4) is 5.69 Å². The van der Waals surface area contributed by atoms with Gasteiger partial charge in [0.2, 0.25) is 0 Å². The number of carbonyl (C=O) groups excluding carboxylic acids is 1. The average Bonchev–Trinajstić information content (AvgIpc) is 3.13. The molecular formula is C27H26ClN3O4. The van der Waals surface area contributed by atoms with Gasteiger partial charge in [-0.3, -0.25) is 9.13 Å². The van der Waals surface area contributed by atoms with Gasteiger partial charge in [0.25, 0.3) is 0 Å². The maximum absolute atomic E-state index is 14.0. The molecule has 1 N–H and O–H groups in total. The molecular weight excluding hydrogens is 466 g/mol. The minimum atomic E-state index is -0.786. The van der Waals surface area contributed by atoms with Crippen LogP contribution in [0.1, 0.15) is 29.8 Å². The highest BCUT2D eigenvalue weighted by Gasteiger charge is 2.30. The number of β-amino-alcohol motifs (C(OH)–C–C–N with tert-alkyl or cyclic N) is 1. The molecule has 0 aliphatic carbocycles. The van der Waals surface area contributed by atoms with E-state index in [4.69, 9.17) is 16.3 Å². The molecule has 7 nitrogen and oxygen atoms in total. The highest BCUT2D eigenvalue weighted by atomic mass is 35.5. The van der Waals surface area contributed by atoms with Crippen LogP contribution < -0.4 is 10.6 Å². The van der Waals surface area contributed by atoms with E-state index in [0.717, 1.165) is 16.8 Å². The number of anilines is 1. The Bertz CT molecular complexity index is 1480. The molecule has 0 atom stereocenters. The largest absolute Gasteiger partial charge is 0.465 e. The minimum Gasteiger partial charge on any atom is -0.465 e. The lowest BCUT2D eigenvalue weighted by atomic mass is 9.92. The fourth-order valence-electron chi connectivity index (χ4n) is 4.71. The minimum absolute atomic E-state index is 0.220. The number of fused-ring (bicyclic) bond motifs is 1. The predicted molar refractivity (Wildman–Crippen MR) is 137 cm³/mol. The van der Waals surface area contributed by atoms with Crippen molar-refractivity contribution in [3.63, 3.8) is 0 Å². The number of benzene rings is 3. The van der Waals surface area contributed by atoms with Crippen molar-refractivity contribution < 1.29 is 14.6 Å². The van der Waals surface area contributed by atoms with E-state index in [1.54, 1.807) is 39.5 Å². The summed E-state index contributed by atoms with van der Waals surface area (Å²) in [5.41, 5.74) is 3.33. The second-order valence-electron chi connectivity index (χ2n) is 9.29. The number of aliphatic hydroxyl groups is 1. The number of methoxy groups -OCH3 is 1. The molecule has 1 fully saturated rings. The van der Waals surface area contributed by atoms with Gasteiger partial charge in [-0.05, 0) is 74.0 Å². The van der Waals surface area contributed by atoms with Gasteiger partial charge in [-0.2, -0.15) is 0 Å². The fourth-order valence-corrected chi connectivity index (χ4v) is 4.88. The summed E-state index contributed by atoms with van der Waals surface area (Å²) in [6.07, 6.45) is -0.294. The lowest BCUT2D eigenvalue weighted by Crippen LogP contribution is -2.50. The van der Waals surface area contributed by atoms with Gasteiger partial charge in [-0.25, -0.2) is 9.59 Å². The number of hydrogen-bond donors (Lipinski definition) is 1. The number of imidazole rings is 1. The van der Waals surface area contributed by atoms with Crippen LogP contribution in [-0.4, -0.2) is 46.5 Å². The fraction of sp³-hybridized carbons (Fsp3) is 0.259. The van der Waals surface area contributed by atoms with Crippen LogP contribution in [0.4, 0.5) is 5.69 Å². The molecule has 0 bridgehead atoms. The monoisotopic (exact) mass is 491 g/mol. The van der Waals surface area contributed by atoms with Crippen molar-refractivity contribution in [2.75, 3.05) is 25.1 Å². The quantitative estimate of drug-likeness (QED) is 0.423. The number of rotatable bonds is 5. The molecule has 5 rings (SSSR count). The van der Waals surface area contributed by atoms with Crippen LogP contribution in [0.15, 0.2) is 71.5 Å². The first-order valence-corrected chi connectivity index (χ1v) is 11.7. The molecule has 4 aromatic rings. The average molecular weight is 492 g/mol. The van der Waals surface area contributed by atoms with Gasteiger partial charge in [-0.1, -0.05) is 23.7 Å². The smallest absolute Gasteiger partial charge is 0.337 e. The number of nitrogens with zero attached hydrogens (tertiary/aromatic N) is 3. The number of halogens is 1. The van der Waals surface area contributed by atoms with Crippen LogP contribution in [0.3, 0.4) is 0 Å². The molecule has 1 aliphatic heterocycles. The Morgan fingerprint density at radius 1 is 1.00 bits per heavy atom. The summed E-state index contributed by atoms with van der Waals surface area (Å²) in [4.78, 5) is 28.2. The molecule has 0 saturated carbocycles. The zero-order valence-electron chi connectivity index (χ0n) is 19.7. The molecule has 180 valence electrons. The van der Waals surface area contributed by atoms with Gasteiger partial charge in [0.1, 0.15) is 0 Å². The molecule has 1 aliphatic rings. The lowest BCUT2D eigenvalue weighted by molar-refractivity contribution is 0.0600. The molecule has 0 spiro atoms. The van der Waals surface area contributed by atoms with Gasteiger partial charge in [0.05, 0.1) is 41.0 Å². The maximum atomic E-state index is 14.0. The maximum Gasteiger partial charge on any atom is 0.337 e. The van der Waals surface area contributed by atoms with Gasteiger partial charge in [0.15, 0.2) is 0 Å². The van der Waals surface area contributed by atoms with Crippen molar-refractivity contribution in [2.24, 2.45) is 0 Å². The number of ether oxygens (including phenoxy) is 1. The zero-order chi connectivity index (χ0) is 24.9. The van der Waals surface area contributed by atoms with E-state index < -0.39 is 11.5 Å². The first-order valence-electron chi connectivity index (χ1n) is 11.4. The van der Waals surface area contributed by atoms with Gasteiger partial charge in [-0.15, -0.1) is 0 Å². The Morgan fingerprint density at radius 3 is 2.34 bits per heavy atom. The van der Waals surface area contributed by atoms with E-state index in [9.17, 15) is 14.7 Å². The SMILES string of the molecule is COC(=O)c1cccc(C(C)(C)n2c(=O)n(-c3ccc(N4CC(O)C4)cc3)c3cc(Cl)ccc32)c1. The standard InChI is InChI=1S/C27H26ClN3O4/c1-27(2,18-6-4-5-17(13-18)25(33)35-3)31-23-12-7-19(28)14-24(23)30(26(31)34)21-10-8-20(9-11-21)29-15-22(32)16-29/h4-14,22,32H,15-16H2,1-3H3. The van der Waals surface area contributed by atoms with Crippen molar-refractivity contribution in [2.45, 2.75) is 25.5 Å². The normalized spacial score (nSPS) is 14.3. The van der Waals surface area contributed by atoms with Gasteiger partial charge in [0, 0.05) is 23.8 Å². The predicted octanol–water partition coefficient (Wildman–Crippen LogP) is 4.20. The summed E-state index contributed by atoms with van der Waals surface area (Å²) < 4.78 is 8.27. The Balaban J connectivity index is 1.66. The van der Waals surface area contributed by atoms with E-state index in [-0.39, 0.29) is 11.8 Å². The van der Waals surface area contributed by atoms with Crippen molar-refractivity contribution in [1.29, 1.82) is 0 Å². The van der Waals surface area contributed by atoms with Gasteiger partial charge >= 0.3 is 11.7 Å². The second kappa shape index (κ2) is 8.59. The lowest BCUT2D eigenvalue weighted by Gasteiger charge is -2.37. The molecule has 1 saturated heterocycles. The Labute approximate surface area is 207 Å². The molecule has 0 amide bonds. The summed E-state index contributed by atoms with van der Waals surface area (Å²) in [7, 11) is 1.34. The number of carbonyl (C=O) groups is 1. The van der Waals surface area contributed by atoms with Crippen LogP contribution in [0.5, 0.6) is 0 Å². The van der Waals surface area contributed by atoms with E-state index >= 15 is 0 Å². The molecule has 0 unspecified atom stereocenters. The number of aliphatic hydroxyl groups excluding tert-OH is 1. The van der Waals surface area contributed by atoms with Crippen molar-refractivity contribution in [3.05, 3.63) is 93.4 Å². The molecule has 0 radical (unpaired) electrons. The van der Waals surface area contributed by atoms with Crippen LogP contribution in [0.2, 0.25) is 5.02 Å². The van der Waals surface area contributed by atoms with Gasteiger partial charge < -0.3 is 14.7 Å². The zero-order valence-corrected chi connectivity index (χ0v) is 20.5. The second-order valence-corrected chi connectivity index (χ2v) is 9.73. The topological polar surface area (TPSA) is 76.7 Å². The van der Waals surface area contributed by atoms with Crippen LogP contribution in [0.25, 0.3) is 16.7 Å². The first kappa shape index (κ1) is 23.2. The third-order valence-corrected chi connectivity index (χ3v) is 6.92. The molecule has 8 heteroatoms. The van der Waals surface area contributed by atoms with Crippen LogP contribution in [0, 0.1) is 0 Å². The summed E-state index contributed by atoms with van der Waals surface area (Å²) in [5, 5.41) is 10.1. The summed E-state index contributed by atoms with van der Waals surface area (Å²) >= 11 is 6.34. The summed E-state index contributed by atoms with van der Waals surface area (Å²) in [5.74, 6) is -0.431. The third-order valence-electron chi connectivity index (χ3n) is 6.69. The van der Waals surface area contributed by atoms with E-state index in [0.29, 0.717) is 34.9 Å². The highest BCUT2D eigenvalue weighted by molar-refractivity contribution is 6.31.